The molecular formula is C15H16N4O. The quantitative estimate of drug-likeness (QED) is 0.798. The minimum Gasteiger partial charge on any atom is -0.354 e. The number of carbonyl (C=O) groups is 1. The summed E-state index contributed by atoms with van der Waals surface area (Å²) >= 11 is 0. The number of nitrogens with zero attached hydrogens (tertiary/aromatic N) is 1. The number of rotatable bonds is 4. The van der Waals surface area contributed by atoms with E-state index in [4.69, 9.17) is 0 Å². The highest BCUT2D eigenvalue weighted by atomic mass is 16.2. The highest BCUT2D eigenvalue weighted by molar-refractivity contribution is 5.88. The maximum absolute atomic E-state index is 11.6. The molecule has 3 rings (SSSR count). The molecule has 3 N–H and O–H groups in total. The Morgan fingerprint density at radius 1 is 1.05 bits per heavy atom. The number of para-hydroxylation sites is 1. The molecule has 5 heteroatoms. The molecule has 1 aromatic heterocycles. The van der Waals surface area contributed by atoms with Crippen molar-refractivity contribution in [1.29, 1.82) is 0 Å². The molecule has 1 heterocycles. The van der Waals surface area contributed by atoms with Crippen LogP contribution in [0.15, 0.2) is 48.7 Å². The summed E-state index contributed by atoms with van der Waals surface area (Å²) in [5.74, 6) is 0.543. The standard InChI is InChI=1S/C15H16N4O/c20-15(18-12-6-7-12)19-14-9-8-13(10-16-14)17-11-4-2-1-3-5-11/h1-5,8-10,12,17H,6-7H2,(H2,16,18,19,20). The van der Waals surface area contributed by atoms with E-state index in [9.17, 15) is 4.79 Å². The van der Waals surface area contributed by atoms with Crippen LogP contribution >= 0.6 is 0 Å². The molecule has 102 valence electrons. The van der Waals surface area contributed by atoms with E-state index >= 15 is 0 Å². The minimum absolute atomic E-state index is 0.191. The Kier molecular flexibility index (Phi) is 3.50. The SMILES string of the molecule is O=C(Nc1ccc(Nc2ccccc2)cn1)NC1CC1. The number of nitrogens with one attached hydrogen (secondary N) is 3. The molecule has 1 fully saturated rings. The summed E-state index contributed by atoms with van der Waals surface area (Å²) in [7, 11) is 0. The van der Waals surface area contributed by atoms with Gasteiger partial charge in [-0.1, -0.05) is 18.2 Å². The van der Waals surface area contributed by atoms with Gasteiger partial charge in [0.2, 0.25) is 0 Å². The number of carbonyl (C=O) groups excluding carboxylic acids is 1. The number of pyridine rings is 1. The van der Waals surface area contributed by atoms with Gasteiger partial charge in [-0.05, 0) is 37.1 Å². The van der Waals surface area contributed by atoms with Crippen LogP contribution in [0.1, 0.15) is 12.8 Å². The highest BCUT2D eigenvalue weighted by Gasteiger charge is 2.23. The number of urea groups is 1. The first kappa shape index (κ1) is 12.5. The molecule has 0 bridgehead atoms. The monoisotopic (exact) mass is 268 g/mol. The van der Waals surface area contributed by atoms with Gasteiger partial charge in [0, 0.05) is 11.7 Å². The molecule has 1 aromatic carbocycles. The van der Waals surface area contributed by atoms with E-state index in [1.165, 1.54) is 0 Å². The Morgan fingerprint density at radius 3 is 2.50 bits per heavy atom. The van der Waals surface area contributed by atoms with Gasteiger partial charge in [0.05, 0.1) is 11.9 Å². The van der Waals surface area contributed by atoms with Crippen molar-refractivity contribution in [1.82, 2.24) is 10.3 Å². The molecule has 0 saturated heterocycles. The maximum Gasteiger partial charge on any atom is 0.320 e. The molecule has 0 unspecified atom stereocenters. The molecule has 0 atom stereocenters. The second-order valence-corrected chi connectivity index (χ2v) is 4.80. The Balaban J connectivity index is 1.57. The van der Waals surface area contributed by atoms with E-state index in [0.717, 1.165) is 24.2 Å². The third kappa shape index (κ3) is 3.47. The topological polar surface area (TPSA) is 66.0 Å². The fraction of sp³-hybridized carbons (Fsp3) is 0.200. The molecule has 2 aromatic rings. The van der Waals surface area contributed by atoms with Crippen LogP contribution in [0.5, 0.6) is 0 Å². The normalized spacial score (nSPS) is 13.6. The zero-order valence-corrected chi connectivity index (χ0v) is 11.0. The van der Waals surface area contributed by atoms with E-state index < -0.39 is 0 Å². The number of benzene rings is 1. The van der Waals surface area contributed by atoms with Gasteiger partial charge >= 0.3 is 6.03 Å². The predicted octanol–water partition coefficient (Wildman–Crippen LogP) is 3.11. The largest absolute Gasteiger partial charge is 0.354 e. The van der Waals surface area contributed by atoms with Crippen LogP contribution in [0.4, 0.5) is 22.0 Å². The molecule has 20 heavy (non-hydrogen) atoms. The number of hydrogen-bond acceptors (Lipinski definition) is 3. The first-order valence-corrected chi connectivity index (χ1v) is 6.65. The Hall–Kier alpha value is -2.56. The van der Waals surface area contributed by atoms with Crippen molar-refractivity contribution in [2.45, 2.75) is 18.9 Å². The summed E-state index contributed by atoms with van der Waals surface area (Å²) in [6.07, 6.45) is 3.83. The van der Waals surface area contributed by atoms with Gasteiger partial charge in [-0.3, -0.25) is 5.32 Å². The lowest BCUT2D eigenvalue weighted by Crippen LogP contribution is -2.30. The fourth-order valence-electron chi connectivity index (χ4n) is 1.80. The fourth-order valence-corrected chi connectivity index (χ4v) is 1.80. The molecule has 0 aliphatic heterocycles. The van der Waals surface area contributed by atoms with Crippen LogP contribution in [-0.4, -0.2) is 17.1 Å². The highest BCUT2D eigenvalue weighted by Crippen LogP contribution is 2.19. The van der Waals surface area contributed by atoms with Crippen LogP contribution in [0, 0.1) is 0 Å². The van der Waals surface area contributed by atoms with Crippen LogP contribution < -0.4 is 16.0 Å². The van der Waals surface area contributed by atoms with E-state index in [1.54, 1.807) is 12.3 Å². The van der Waals surface area contributed by atoms with Crippen molar-refractivity contribution in [2.24, 2.45) is 0 Å². The molecule has 2 amide bonds. The number of hydrogen-bond donors (Lipinski definition) is 3. The maximum atomic E-state index is 11.6. The lowest BCUT2D eigenvalue weighted by molar-refractivity contribution is 0.251. The van der Waals surface area contributed by atoms with Crippen LogP contribution in [0.3, 0.4) is 0 Å². The van der Waals surface area contributed by atoms with Crippen molar-refractivity contribution in [2.75, 3.05) is 10.6 Å². The average molecular weight is 268 g/mol. The molecule has 0 radical (unpaired) electrons. The number of aromatic nitrogens is 1. The third-order valence-corrected chi connectivity index (χ3v) is 2.98. The van der Waals surface area contributed by atoms with Gasteiger partial charge in [-0.2, -0.15) is 0 Å². The third-order valence-electron chi connectivity index (χ3n) is 2.98. The van der Waals surface area contributed by atoms with Gasteiger partial charge in [-0.25, -0.2) is 9.78 Å². The first-order valence-electron chi connectivity index (χ1n) is 6.65. The summed E-state index contributed by atoms with van der Waals surface area (Å²) in [5.41, 5.74) is 1.88. The van der Waals surface area contributed by atoms with Crippen molar-refractivity contribution in [3.05, 3.63) is 48.7 Å². The van der Waals surface area contributed by atoms with Crippen LogP contribution in [0.2, 0.25) is 0 Å². The molecule has 1 saturated carbocycles. The van der Waals surface area contributed by atoms with Crippen molar-refractivity contribution in [3.63, 3.8) is 0 Å². The van der Waals surface area contributed by atoms with Crippen molar-refractivity contribution in [3.8, 4) is 0 Å². The zero-order chi connectivity index (χ0) is 13.8. The van der Waals surface area contributed by atoms with Crippen LogP contribution in [0.25, 0.3) is 0 Å². The summed E-state index contributed by atoms with van der Waals surface area (Å²) in [5, 5.41) is 8.80. The van der Waals surface area contributed by atoms with Crippen LogP contribution in [-0.2, 0) is 0 Å². The van der Waals surface area contributed by atoms with Crippen molar-refractivity contribution >= 4 is 23.2 Å². The average Bonchev–Trinajstić information content (AvgIpc) is 3.26. The van der Waals surface area contributed by atoms with Gasteiger partial charge in [0.15, 0.2) is 0 Å². The summed E-state index contributed by atoms with van der Waals surface area (Å²) in [6, 6.07) is 13.7. The minimum atomic E-state index is -0.191. The molecule has 0 spiro atoms. The molecule has 5 nitrogen and oxygen atoms in total. The van der Waals surface area contributed by atoms with E-state index in [1.807, 2.05) is 36.4 Å². The predicted molar refractivity (Wildman–Crippen MR) is 79.1 cm³/mol. The van der Waals surface area contributed by atoms with Gasteiger partial charge in [0.25, 0.3) is 0 Å². The summed E-state index contributed by atoms with van der Waals surface area (Å²) in [4.78, 5) is 15.8. The lowest BCUT2D eigenvalue weighted by Gasteiger charge is -2.08. The van der Waals surface area contributed by atoms with E-state index in [0.29, 0.717) is 11.9 Å². The Morgan fingerprint density at radius 2 is 1.85 bits per heavy atom. The summed E-state index contributed by atoms with van der Waals surface area (Å²) in [6.45, 7) is 0. The number of amides is 2. The second-order valence-electron chi connectivity index (χ2n) is 4.80. The molecular weight excluding hydrogens is 252 g/mol. The second kappa shape index (κ2) is 5.61. The van der Waals surface area contributed by atoms with Crippen molar-refractivity contribution < 1.29 is 4.79 Å². The Bertz CT molecular complexity index is 579. The zero-order valence-electron chi connectivity index (χ0n) is 11.0. The first-order chi connectivity index (χ1) is 9.79. The van der Waals surface area contributed by atoms with Gasteiger partial charge in [-0.15, -0.1) is 0 Å². The Labute approximate surface area is 117 Å². The molecule has 1 aliphatic carbocycles. The van der Waals surface area contributed by atoms with Gasteiger partial charge in [0.1, 0.15) is 5.82 Å². The summed E-state index contributed by atoms with van der Waals surface area (Å²) < 4.78 is 0. The van der Waals surface area contributed by atoms with Gasteiger partial charge < -0.3 is 10.6 Å². The smallest absolute Gasteiger partial charge is 0.320 e. The number of anilines is 3. The lowest BCUT2D eigenvalue weighted by atomic mass is 10.3. The molecule has 1 aliphatic rings. The van der Waals surface area contributed by atoms with E-state index in [-0.39, 0.29) is 6.03 Å². The van der Waals surface area contributed by atoms with E-state index in [2.05, 4.69) is 20.9 Å².